The van der Waals surface area contributed by atoms with E-state index in [2.05, 4.69) is 10.6 Å². The predicted molar refractivity (Wildman–Crippen MR) is 142 cm³/mol. The van der Waals surface area contributed by atoms with Crippen LogP contribution in [0.15, 0.2) is 114 Å². The number of nitro benzene ring substituents is 1. The SMILES string of the molecule is O=C(Cc1ccccc1)Nc1cccc(SC(C(=O)Nc2ccc([N+](=O)[O-])cc2)c2ccccc2)c1. The van der Waals surface area contributed by atoms with Gasteiger partial charge in [-0.2, -0.15) is 0 Å². The Balaban J connectivity index is 1.49. The molecule has 0 aliphatic carbocycles. The summed E-state index contributed by atoms with van der Waals surface area (Å²) in [4.78, 5) is 37.0. The fraction of sp³-hybridized carbons (Fsp3) is 0.0714. The maximum atomic E-state index is 13.3. The Morgan fingerprint density at radius 3 is 2.11 bits per heavy atom. The average molecular weight is 498 g/mol. The summed E-state index contributed by atoms with van der Waals surface area (Å²) in [5.74, 6) is -0.391. The molecular formula is C28H23N3O4S. The van der Waals surface area contributed by atoms with Crippen LogP contribution in [-0.2, 0) is 16.0 Å². The van der Waals surface area contributed by atoms with Gasteiger partial charge in [0.1, 0.15) is 5.25 Å². The molecule has 0 aliphatic rings. The van der Waals surface area contributed by atoms with Gasteiger partial charge in [0.25, 0.3) is 5.69 Å². The van der Waals surface area contributed by atoms with E-state index in [0.717, 1.165) is 16.0 Å². The van der Waals surface area contributed by atoms with Gasteiger partial charge in [0.2, 0.25) is 11.8 Å². The summed E-state index contributed by atoms with van der Waals surface area (Å²) >= 11 is 1.35. The Hall–Kier alpha value is -4.43. The first-order valence-corrected chi connectivity index (χ1v) is 12.1. The molecule has 36 heavy (non-hydrogen) atoms. The van der Waals surface area contributed by atoms with Crippen LogP contribution in [0.5, 0.6) is 0 Å². The molecule has 0 spiro atoms. The summed E-state index contributed by atoms with van der Waals surface area (Å²) in [5, 5.41) is 16.1. The molecule has 1 atom stereocenters. The molecule has 1 unspecified atom stereocenters. The van der Waals surface area contributed by atoms with Gasteiger partial charge in [0, 0.05) is 28.4 Å². The van der Waals surface area contributed by atoms with Crippen LogP contribution >= 0.6 is 11.8 Å². The summed E-state index contributed by atoms with van der Waals surface area (Å²) in [6.45, 7) is 0. The fourth-order valence-electron chi connectivity index (χ4n) is 3.54. The second-order valence-corrected chi connectivity index (χ2v) is 9.12. The molecule has 4 rings (SSSR count). The third-order valence-electron chi connectivity index (χ3n) is 5.27. The van der Waals surface area contributed by atoms with Gasteiger partial charge in [0.05, 0.1) is 11.3 Å². The van der Waals surface area contributed by atoms with Crippen LogP contribution in [0.25, 0.3) is 0 Å². The zero-order chi connectivity index (χ0) is 25.3. The number of nitro groups is 1. The van der Waals surface area contributed by atoms with Gasteiger partial charge >= 0.3 is 0 Å². The minimum atomic E-state index is -0.586. The molecule has 0 bridgehead atoms. The lowest BCUT2D eigenvalue weighted by Gasteiger charge is -2.18. The molecule has 0 saturated carbocycles. The summed E-state index contributed by atoms with van der Waals surface area (Å²) < 4.78 is 0. The highest BCUT2D eigenvalue weighted by molar-refractivity contribution is 8.00. The Labute approximate surface area is 212 Å². The smallest absolute Gasteiger partial charge is 0.269 e. The lowest BCUT2D eigenvalue weighted by Crippen LogP contribution is -2.19. The van der Waals surface area contributed by atoms with E-state index in [0.29, 0.717) is 11.4 Å². The second kappa shape index (κ2) is 11.8. The number of amides is 2. The Kier molecular flexibility index (Phi) is 8.10. The van der Waals surface area contributed by atoms with E-state index in [-0.39, 0.29) is 23.9 Å². The van der Waals surface area contributed by atoms with Crippen LogP contribution < -0.4 is 10.6 Å². The summed E-state index contributed by atoms with van der Waals surface area (Å²) in [5.41, 5.74) is 2.79. The minimum Gasteiger partial charge on any atom is -0.326 e. The molecule has 8 heteroatoms. The Morgan fingerprint density at radius 1 is 0.778 bits per heavy atom. The third kappa shape index (κ3) is 6.80. The number of hydrogen-bond donors (Lipinski definition) is 2. The molecule has 7 nitrogen and oxygen atoms in total. The number of non-ortho nitro benzene ring substituents is 1. The van der Waals surface area contributed by atoms with Crippen LogP contribution in [0.3, 0.4) is 0 Å². The van der Waals surface area contributed by atoms with E-state index < -0.39 is 10.2 Å². The number of nitrogens with zero attached hydrogens (tertiary/aromatic N) is 1. The lowest BCUT2D eigenvalue weighted by molar-refractivity contribution is -0.384. The van der Waals surface area contributed by atoms with Gasteiger partial charge < -0.3 is 10.6 Å². The summed E-state index contributed by atoms with van der Waals surface area (Å²) in [6, 6.07) is 31.9. The Bertz CT molecular complexity index is 1350. The second-order valence-electron chi connectivity index (χ2n) is 7.94. The van der Waals surface area contributed by atoms with Crippen molar-refractivity contribution in [1.82, 2.24) is 0 Å². The zero-order valence-electron chi connectivity index (χ0n) is 19.2. The van der Waals surface area contributed by atoms with Crippen molar-refractivity contribution in [2.24, 2.45) is 0 Å². The maximum Gasteiger partial charge on any atom is 0.269 e. The number of carbonyl (C=O) groups excluding carboxylic acids is 2. The van der Waals surface area contributed by atoms with Crippen molar-refractivity contribution < 1.29 is 14.5 Å². The summed E-state index contributed by atoms with van der Waals surface area (Å²) in [7, 11) is 0. The standard InChI is InChI=1S/C28H23N3O4S/c32-26(18-20-8-3-1-4-9-20)29-23-12-7-13-25(19-23)36-27(21-10-5-2-6-11-21)28(33)30-22-14-16-24(17-15-22)31(34)35/h1-17,19,27H,18H2,(H,29,32)(H,30,33). The third-order valence-corrected chi connectivity index (χ3v) is 6.51. The van der Waals surface area contributed by atoms with Crippen molar-refractivity contribution in [2.45, 2.75) is 16.6 Å². The number of nitrogens with one attached hydrogen (secondary N) is 2. The first kappa shape index (κ1) is 24.7. The first-order chi connectivity index (χ1) is 17.5. The van der Waals surface area contributed by atoms with Crippen LogP contribution in [0.2, 0.25) is 0 Å². The van der Waals surface area contributed by atoms with Crippen molar-refractivity contribution in [3.8, 4) is 0 Å². The molecule has 2 N–H and O–H groups in total. The normalized spacial score (nSPS) is 11.3. The van der Waals surface area contributed by atoms with Crippen molar-refractivity contribution in [3.05, 3.63) is 130 Å². The van der Waals surface area contributed by atoms with Crippen LogP contribution in [0, 0.1) is 10.1 Å². The molecule has 4 aromatic rings. The number of rotatable bonds is 9. The minimum absolute atomic E-state index is 0.0480. The number of thioether (sulfide) groups is 1. The molecular weight excluding hydrogens is 474 g/mol. The molecule has 2 amide bonds. The highest BCUT2D eigenvalue weighted by Crippen LogP contribution is 2.37. The van der Waals surface area contributed by atoms with E-state index in [1.165, 1.54) is 36.0 Å². The van der Waals surface area contributed by atoms with E-state index in [1.807, 2.05) is 78.9 Å². The molecule has 4 aromatic carbocycles. The van der Waals surface area contributed by atoms with E-state index in [9.17, 15) is 19.7 Å². The predicted octanol–water partition coefficient (Wildman–Crippen LogP) is 6.25. The monoisotopic (exact) mass is 497 g/mol. The first-order valence-electron chi connectivity index (χ1n) is 11.2. The van der Waals surface area contributed by atoms with Crippen LogP contribution in [0.1, 0.15) is 16.4 Å². The van der Waals surface area contributed by atoms with Crippen LogP contribution in [0.4, 0.5) is 17.1 Å². The molecule has 0 aliphatic heterocycles. The van der Waals surface area contributed by atoms with Crippen molar-refractivity contribution in [1.29, 1.82) is 0 Å². The van der Waals surface area contributed by atoms with Crippen molar-refractivity contribution in [2.75, 3.05) is 10.6 Å². The van der Waals surface area contributed by atoms with Crippen molar-refractivity contribution >= 4 is 40.6 Å². The lowest BCUT2D eigenvalue weighted by atomic mass is 10.1. The highest BCUT2D eigenvalue weighted by atomic mass is 32.2. The number of carbonyl (C=O) groups is 2. The van der Waals surface area contributed by atoms with Crippen LogP contribution in [-0.4, -0.2) is 16.7 Å². The largest absolute Gasteiger partial charge is 0.326 e. The zero-order valence-corrected chi connectivity index (χ0v) is 20.0. The van der Waals surface area contributed by atoms with Gasteiger partial charge in [-0.15, -0.1) is 11.8 Å². The quantitative estimate of drug-likeness (QED) is 0.162. The molecule has 0 aromatic heterocycles. The highest BCUT2D eigenvalue weighted by Gasteiger charge is 2.23. The van der Waals surface area contributed by atoms with Gasteiger partial charge in [-0.25, -0.2) is 0 Å². The topological polar surface area (TPSA) is 101 Å². The average Bonchev–Trinajstić information content (AvgIpc) is 2.89. The molecule has 0 heterocycles. The van der Waals surface area contributed by atoms with Gasteiger partial charge in [-0.1, -0.05) is 66.7 Å². The number of hydrogen-bond acceptors (Lipinski definition) is 5. The van der Waals surface area contributed by atoms with Gasteiger partial charge in [-0.05, 0) is 41.5 Å². The van der Waals surface area contributed by atoms with E-state index >= 15 is 0 Å². The van der Waals surface area contributed by atoms with Crippen molar-refractivity contribution in [3.63, 3.8) is 0 Å². The maximum absolute atomic E-state index is 13.3. The fourth-order valence-corrected chi connectivity index (χ4v) is 4.63. The Morgan fingerprint density at radius 2 is 1.44 bits per heavy atom. The molecule has 0 radical (unpaired) electrons. The molecule has 0 saturated heterocycles. The number of anilines is 2. The van der Waals surface area contributed by atoms with E-state index in [1.54, 1.807) is 6.07 Å². The molecule has 0 fully saturated rings. The number of benzene rings is 4. The van der Waals surface area contributed by atoms with Gasteiger partial charge in [0.15, 0.2) is 0 Å². The molecule has 180 valence electrons. The van der Waals surface area contributed by atoms with Gasteiger partial charge in [-0.3, -0.25) is 19.7 Å². The summed E-state index contributed by atoms with van der Waals surface area (Å²) in [6.07, 6.45) is 0.266. The van der Waals surface area contributed by atoms with E-state index in [4.69, 9.17) is 0 Å².